The summed E-state index contributed by atoms with van der Waals surface area (Å²) in [6, 6.07) is 6.50. The van der Waals surface area contributed by atoms with Crippen molar-refractivity contribution >= 4 is 22.5 Å². The van der Waals surface area contributed by atoms with Gasteiger partial charge in [-0.15, -0.1) is 0 Å². The van der Waals surface area contributed by atoms with Gasteiger partial charge in [0.15, 0.2) is 0 Å². The summed E-state index contributed by atoms with van der Waals surface area (Å²) in [5, 5.41) is 4.59. The molecular formula is C20H27N5O2. The monoisotopic (exact) mass is 369 g/mol. The second kappa shape index (κ2) is 8.19. The van der Waals surface area contributed by atoms with E-state index < -0.39 is 0 Å². The molecule has 2 aliphatic heterocycles. The number of piperidine rings is 1. The number of rotatable bonds is 4. The first-order valence-corrected chi connectivity index (χ1v) is 9.73. The second-order valence-electron chi connectivity index (χ2n) is 7.29. The number of benzene rings is 1. The van der Waals surface area contributed by atoms with Crippen molar-refractivity contribution < 1.29 is 9.53 Å². The number of hydrogen-bond acceptors (Lipinski definition) is 6. The third kappa shape index (κ3) is 3.89. The van der Waals surface area contributed by atoms with Crippen LogP contribution in [0.25, 0.3) is 10.9 Å². The summed E-state index contributed by atoms with van der Waals surface area (Å²) in [4.78, 5) is 25.3. The third-order valence-corrected chi connectivity index (χ3v) is 5.64. The van der Waals surface area contributed by atoms with Crippen LogP contribution in [0, 0.1) is 0 Å². The number of fused-ring (bicyclic) bond motifs is 1. The lowest BCUT2D eigenvalue weighted by atomic mass is 9.92. The third-order valence-electron chi connectivity index (χ3n) is 5.64. The highest BCUT2D eigenvalue weighted by Crippen LogP contribution is 2.30. The largest absolute Gasteiger partial charge is 0.375 e. The zero-order valence-electron chi connectivity index (χ0n) is 15.9. The lowest BCUT2D eigenvalue weighted by Crippen LogP contribution is -2.49. The molecule has 2 saturated heterocycles. The van der Waals surface area contributed by atoms with Crippen molar-refractivity contribution in [3.63, 3.8) is 0 Å². The van der Waals surface area contributed by atoms with Gasteiger partial charge in [0, 0.05) is 50.3 Å². The molecule has 3 heterocycles. The number of methoxy groups -OCH3 is 1. The standard InChI is InChI=1S/C20H27N5O2/c1-27-13-19(26)25-10-8-24(9-11-25)16-2-3-17-18(12-16)22-14-23-20(17)15-4-6-21-7-5-15/h2-3,12,14-15,21H,4-11,13H2,1H3. The lowest BCUT2D eigenvalue weighted by Gasteiger charge is -2.36. The summed E-state index contributed by atoms with van der Waals surface area (Å²) in [5.74, 6) is 0.577. The first kappa shape index (κ1) is 18.1. The zero-order valence-corrected chi connectivity index (χ0v) is 15.9. The van der Waals surface area contributed by atoms with E-state index in [4.69, 9.17) is 4.74 Å². The van der Waals surface area contributed by atoms with Crippen LogP contribution in [0.4, 0.5) is 5.69 Å². The predicted octanol–water partition coefficient (Wildman–Crippen LogP) is 1.39. The molecule has 0 aliphatic carbocycles. The van der Waals surface area contributed by atoms with Crippen LogP contribution in [-0.2, 0) is 9.53 Å². The number of amides is 1. The number of nitrogens with zero attached hydrogens (tertiary/aromatic N) is 4. The van der Waals surface area contributed by atoms with Crippen molar-refractivity contribution in [2.75, 3.05) is 57.9 Å². The first-order valence-electron chi connectivity index (χ1n) is 9.73. The van der Waals surface area contributed by atoms with Gasteiger partial charge >= 0.3 is 0 Å². The van der Waals surface area contributed by atoms with Crippen molar-refractivity contribution in [1.29, 1.82) is 0 Å². The highest BCUT2D eigenvalue weighted by molar-refractivity contribution is 5.85. The Bertz CT molecular complexity index is 798. The van der Waals surface area contributed by atoms with Crippen LogP contribution in [-0.4, -0.2) is 73.8 Å². The number of nitrogens with one attached hydrogen (secondary N) is 1. The Labute approximate surface area is 159 Å². The Hall–Kier alpha value is -2.25. The molecule has 0 bridgehead atoms. The molecule has 1 amide bonds. The Balaban J connectivity index is 1.50. The van der Waals surface area contributed by atoms with Crippen molar-refractivity contribution in [2.45, 2.75) is 18.8 Å². The zero-order chi connectivity index (χ0) is 18.6. The molecule has 2 aliphatic rings. The van der Waals surface area contributed by atoms with E-state index in [-0.39, 0.29) is 12.5 Å². The highest BCUT2D eigenvalue weighted by Gasteiger charge is 2.22. The van der Waals surface area contributed by atoms with E-state index in [0.717, 1.165) is 63.3 Å². The van der Waals surface area contributed by atoms with Crippen LogP contribution in [0.1, 0.15) is 24.5 Å². The van der Waals surface area contributed by atoms with Crippen LogP contribution in [0.2, 0.25) is 0 Å². The fraction of sp³-hybridized carbons (Fsp3) is 0.550. The van der Waals surface area contributed by atoms with Gasteiger partial charge in [0.05, 0.1) is 11.2 Å². The van der Waals surface area contributed by atoms with E-state index >= 15 is 0 Å². The molecule has 1 aromatic carbocycles. The van der Waals surface area contributed by atoms with E-state index in [2.05, 4.69) is 38.4 Å². The van der Waals surface area contributed by atoms with Gasteiger partial charge < -0.3 is 19.9 Å². The lowest BCUT2D eigenvalue weighted by molar-refractivity contribution is -0.135. The molecule has 0 atom stereocenters. The summed E-state index contributed by atoms with van der Waals surface area (Å²) in [7, 11) is 1.56. The molecule has 0 saturated carbocycles. The Morgan fingerprint density at radius 2 is 1.96 bits per heavy atom. The first-order chi connectivity index (χ1) is 13.3. The number of anilines is 1. The topological polar surface area (TPSA) is 70.6 Å². The maximum absolute atomic E-state index is 12.0. The Morgan fingerprint density at radius 3 is 2.70 bits per heavy atom. The van der Waals surface area contributed by atoms with Gasteiger partial charge in [-0.05, 0) is 44.1 Å². The number of hydrogen-bond donors (Lipinski definition) is 1. The minimum Gasteiger partial charge on any atom is -0.375 e. The van der Waals surface area contributed by atoms with Crippen molar-refractivity contribution in [3.8, 4) is 0 Å². The quantitative estimate of drug-likeness (QED) is 0.878. The molecular weight excluding hydrogens is 342 g/mol. The van der Waals surface area contributed by atoms with Gasteiger partial charge in [-0.1, -0.05) is 0 Å². The molecule has 2 aromatic rings. The smallest absolute Gasteiger partial charge is 0.248 e. The van der Waals surface area contributed by atoms with E-state index in [9.17, 15) is 4.79 Å². The average Bonchev–Trinajstić information content (AvgIpc) is 2.74. The number of ether oxygens (including phenoxy) is 1. The van der Waals surface area contributed by atoms with E-state index in [1.165, 1.54) is 11.1 Å². The van der Waals surface area contributed by atoms with Crippen molar-refractivity contribution in [1.82, 2.24) is 20.2 Å². The molecule has 2 fully saturated rings. The van der Waals surface area contributed by atoms with Gasteiger partial charge in [0.25, 0.3) is 0 Å². The fourth-order valence-electron chi connectivity index (χ4n) is 4.11. The summed E-state index contributed by atoms with van der Waals surface area (Å²) >= 11 is 0. The Kier molecular flexibility index (Phi) is 5.50. The molecule has 4 rings (SSSR count). The van der Waals surface area contributed by atoms with Crippen LogP contribution in [0.5, 0.6) is 0 Å². The normalized spacial score (nSPS) is 18.9. The van der Waals surface area contributed by atoms with E-state index in [0.29, 0.717) is 5.92 Å². The molecule has 144 valence electrons. The summed E-state index contributed by atoms with van der Waals surface area (Å²) in [6.07, 6.45) is 3.96. The van der Waals surface area contributed by atoms with Crippen LogP contribution in [0.3, 0.4) is 0 Å². The minimum absolute atomic E-state index is 0.0648. The minimum atomic E-state index is 0.0648. The number of piperazine rings is 1. The van der Waals surface area contributed by atoms with Gasteiger partial charge in [-0.25, -0.2) is 9.97 Å². The van der Waals surface area contributed by atoms with Gasteiger partial charge in [-0.3, -0.25) is 4.79 Å². The van der Waals surface area contributed by atoms with E-state index in [1.807, 2.05) is 4.90 Å². The Morgan fingerprint density at radius 1 is 1.19 bits per heavy atom. The molecule has 7 nitrogen and oxygen atoms in total. The molecule has 0 spiro atoms. The number of carbonyl (C=O) groups is 1. The second-order valence-corrected chi connectivity index (χ2v) is 7.29. The van der Waals surface area contributed by atoms with Crippen molar-refractivity contribution in [3.05, 3.63) is 30.2 Å². The van der Waals surface area contributed by atoms with Crippen molar-refractivity contribution in [2.24, 2.45) is 0 Å². The molecule has 1 aromatic heterocycles. The summed E-state index contributed by atoms with van der Waals surface area (Å²) in [6.45, 7) is 5.38. The molecule has 1 N–H and O–H groups in total. The van der Waals surface area contributed by atoms with Gasteiger partial charge in [-0.2, -0.15) is 0 Å². The molecule has 0 radical (unpaired) electrons. The maximum atomic E-state index is 12.0. The highest BCUT2D eigenvalue weighted by atomic mass is 16.5. The number of aromatic nitrogens is 2. The van der Waals surface area contributed by atoms with Crippen LogP contribution in [0.15, 0.2) is 24.5 Å². The van der Waals surface area contributed by atoms with Crippen LogP contribution >= 0.6 is 0 Å². The molecule has 0 unspecified atom stereocenters. The van der Waals surface area contributed by atoms with Gasteiger partial charge in [0.1, 0.15) is 12.9 Å². The van der Waals surface area contributed by atoms with Gasteiger partial charge in [0.2, 0.25) is 5.91 Å². The summed E-state index contributed by atoms with van der Waals surface area (Å²) in [5.41, 5.74) is 3.35. The molecule has 27 heavy (non-hydrogen) atoms. The number of carbonyl (C=O) groups excluding carboxylic acids is 1. The summed E-state index contributed by atoms with van der Waals surface area (Å²) < 4.78 is 4.95. The van der Waals surface area contributed by atoms with E-state index in [1.54, 1.807) is 13.4 Å². The average molecular weight is 369 g/mol. The predicted molar refractivity (Wildman–Crippen MR) is 105 cm³/mol. The maximum Gasteiger partial charge on any atom is 0.248 e. The van der Waals surface area contributed by atoms with Crippen LogP contribution < -0.4 is 10.2 Å². The fourth-order valence-corrected chi connectivity index (χ4v) is 4.11. The molecule has 7 heteroatoms. The SMILES string of the molecule is COCC(=O)N1CCN(c2ccc3c(C4CCNCC4)ncnc3c2)CC1.